The lowest BCUT2D eigenvalue weighted by Gasteiger charge is -2.10. The van der Waals surface area contributed by atoms with Crippen molar-refractivity contribution in [1.29, 1.82) is 0 Å². The van der Waals surface area contributed by atoms with E-state index in [4.69, 9.17) is 4.74 Å². The van der Waals surface area contributed by atoms with Crippen molar-refractivity contribution in [3.63, 3.8) is 0 Å². The smallest absolute Gasteiger partial charge is 0.426 e. The van der Waals surface area contributed by atoms with Gasteiger partial charge in [0.1, 0.15) is 5.75 Å². The Morgan fingerprint density at radius 2 is 2.00 bits per heavy atom. The van der Waals surface area contributed by atoms with E-state index >= 15 is 0 Å². The second-order valence-electron chi connectivity index (χ2n) is 3.74. The zero-order chi connectivity index (χ0) is 12.0. The van der Waals surface area contributed by atoms with Crippen molar-refractivity contribution >= 4 is 30.6 Å². The van der Waals surface area contributed by atoms with E-state index in [1.165, 1.54) is 11.1 Å². The first kappa shape index (κ1) is 13.5. The predicted octanol–water partition coefficient (Wildman–Crippen LogP) is 1.84. The molecule has 88 valence electrons. The summed E-state index contributed by atoms with van der Waals surface area (Å²) in [6.45, 7) is 2.58. The predicted molar refractivity (Wildman–Crippen MR) is 74.8 cm³/mol. The van der Waals surface area contributed by atoms with Gasteiger partial charge in [-0.25, -0.2) is 0 Å². The van der Waals surface area contributed by atoms with Crippen LogP contribution in [0.5, 0.6) is 0 Å². The Morgan fingerprint density at radius 1 is 1.38 bits per heavy atom. The van der Waals surface area contributed by atoms with Crippen molar-refractivity contribution in [3.05, 3.63) is 35.4 Å². The van der Waals surface area contributed by atoms with Gasteiger partial charge in [0.25, 0.3) is 0 Å². The first-order valence-corrected chi connectivity index (χ1v) is 6.46. The van der Waals surface area contributed by atoms with E-state index in [2.05, 4.69) is 56.4 Å². The quantitative estimate of drug-likeness (QED) is 0.595. The standard InChI is InChI=1S/C12H16O2S2/c1-9(6-7-14-12(13)16)11-4-2-10(8-15)3-5-11/h2-5,9,15H,6-8H2,1H3,(H,13,16)/p+2. The molecule has 0 saturated carbocycles. The average Bonchev–Trinajstić information content (AvgIpc) is 2.28. The lowest BCUT2D eigenvalue weighted by molar-refractivity contribution is 0.171. The molecular formula is C12H18O2S2+2. The summed E-state index contributed by atoms with van der Waals surface area (Å²) >= 11 is 6.24. The summed E-state index contributed by atoms with van der Waals surface area (Å²) in [6, 6.07) is 8.45. The van der Waals surface area contributed by atoms with Crippen LogP contribution >= 0.6 is 0 Å². The maximum absolute atomic E-state index is 10.5. The molecule has 1 aromatic carbocycles. The van der Waals surface area contributed by atoms with Gasteiger partial charge in [-0.15, -0.1) is 0 Å². The molecular weight excluding hydrogens is 240 g/mol. The highest BCUT2D eigenvalue weighted by atomic mass is 32.1. The normalized spacial score (nSPS) is 12.2. The molecule has 1 rings (SSSR count). The van der Waals surface area contributed by atoms with Crippen LogP contribution in [0.1, 0.15) is 30.4 Å². The lowest BCUT2D eigenvalue weighted by atomic mass is 9.97. The Labute approximate surface area is 107 Å². The highest BCUT2D eigenvalue weighted by molar-refractivity contribution is 7.76. The third-order valence-electron chi connectivity index (χ3n) is 2.54. The van der Waals surface area contributed by atoms with Crippen molar-refractivity contribution in [1.82, 2.24) is 0 Å². The van der Waals surface area contributed by atoms with Crippen molar-refractivity contribution < 1.29 is 9.53 Å². The van der Waals surface area contributed by atoms with Crippen LogP contribution in [0.4, 0.5) is 4.79 Å². The molecule has 0 N–H and O–H groups in total. The van der Waals surface area contributed by atoms with Gasteiger partial charge in [0.05, 0.1) is 19.2 Å². The van der Waals surface area contributed by atoms with Gasteiger partial charge in [0, 0.05) is 5.56 Å². The number of hydrogen-bond donors (Lipinski definition) is 0. The molecule has 16 heavy (non-hydrogen) atoms. The molecule has 4 heteroatoms. The molecule has 0 aliphatic carbocycles. The summed E-state index contributed by atoms with van der Waals surface area (Å²) in [5, 5.41) is -0.401. The summed E-state index contributed by atoms with van der Waals surface area (Å²) in [4.78, 5) is 10.5. The van der Waals surface area contributed by atoms with Crippen molar-refractivity contribution in [2.75, 3.05) is 6.61 Å². The van der Waals surface area contributed by atoms with Crippen molar-refractivity contribution in [2.45, 2.75) is 25.0 Å². The monoisotopic (exact) mass is 258 g/mol. The fourth-order valence-electron chi connectivity index (χ4n) is 1.46. The van der Waals surface area contributed by atoms with Crippen LogP contribution in [-0.2, 0) is 35.7 Å². The van der Waals surface area contributed by atoms with Crippen molar-refractivity contribution in [3.8, 4) is 0 Å². The van der Waals surface area contributed by atoms with Crippen LogP contribution in [0.2, 0.25) is 0 Å². The highest BCUT2D eigenvalue weighted by Crippen LogP contribution is 2.19. The molecule has 1 unspecified atom stereocenters. The van der Waals surface area contributed by atoms with E-state index in [9.17, 15) is 4.79 Å². The molecule has 1 aromatic rings. The Morgan fingerprint density at radius 3 is 2.50 bits per heavy atom. The van der Waals surface area contributed by atoms with Gasteiger partial charge in [-0.1, -0.05) is 31.2 Å². The van der Waals surface area contributed by atoms with Crippen LogP contribution in [0, 0.1) is 0 Å². The topological polar surface area (TPSA) is 26.3 Å². The summed E-state index contributed by atoms with van der Waals surface area (Å²) in [6.07, 6.45) is 0.837. The third-order valence-corrected chi connectivity index (χ3v) is 3.09. The minimum atomic E-state index is -0.401. The van der Waals surface area contributed by atoms with E-state index in [0.717, 1.165) is 12.2 Å². The first-order chi connectivity index (χ1) is 7.63. The summed E-state index contributed by atoms with van der Waals surface area (Å²) in [5.41, 5.74) is 2.54. The lowest BCUT2D eigenvalue weighted by Crippen LogP contribution is -2.04. The molecule has 0 aliphatic heterocycles. The molecule has 0 fully saturated rings. The summed E-state index contributed by atoms with van der Waals surface area (Å²) in [5.74, 6) is 1.27. The SMILES string of the molecule is CC(CCOC(=O)[SH2+])c1ccc(C[SH2+])cc1. The van der Waals surface area contributed by atoms with E-state index in [1.54, 1.807) is 0 Å². The Kier molecular flexibility index (Phi) is 5.77. The van der Waals surface area contributed by atoms with Gasteiger partial charge in [-0.2, -0.15) is 4.79 Å². The van der Waals surface area contributed by atoms with Crippen LogP contribution in [-0.4, -0.2) is 11.9 Å². The fourth-order valence-corrected chi connectivity index (χ4v) is 1.80. The number of ether oxygens (including phenoxy) is 1. The molecule has 0 bridgehead atoms. The Bertz CT molecular complexity index is 335. The molecule has 0 aromatic heterocycles. The zero-order valence-corrected chi connectivity index (χ0v) is 11.3. The van der Waals surface area contributed by atoms with Crippen molar-refractivity contribution in [2.24, 2.45) is 0 Å². The number of carbonyl (C=O) groups is 1. The van der Waals surface area contributed by atoms with Gasteiger partial charge < -0.3 is 4.74 Å². The minimum absolute atomic E-state index is 0.398. The van der Waals surface area contributed by atoms with E-state index in [1.807, 2.05) is 0 Å². The Hall–Kier alpha value is -0.610. The van der Waals surface area contributed by atoms with E-state index in [0.29, 0.717) is 12.5 Å². The van der Waals surface area contributed by atoms with Crippen LogP contribution < -0.4 is 0 Å². The number of hydrogen-bond acceptors (Lipinski definition) is 2. The molecule has 0 spiro atoms. The average molecular weight is 258 g/mol. The number of carbonyl (C=O) groups excluding carboxylic acids is 1. The van der Waals surface area contributed by atoms with Gasteiger partial charge in [-0.3, -0.25) is 0 Å². The summed E-state index contributed by atoms with van der Waals surface area (Å²) in [7, 11) is 0. The maximum Gasteiger partial charge on any atom is 0.520 e. The van der Waals surface area contributed by atoms with Gasteiger partial charge in [0.2, 0.25) is 0 Å². The van der Waals surface area contributed by atoms with Gasteiger partial charge in [0.15, 0.2) is 0 Å². The molecule has 2 nitrogen and oxygen atoms in total. The van der Waals surface area contributed by atoms with Gasteiger partial charge >= 0.3 is 5.30 Å². The maximum atomic E-state index is 10.5. The number of benzene rings is 1. The second-order valence-corrected chi connectivity index (χ2v) is 4.51. The van der Waals surface area contributed by atoms with E-state index < -0.39 is 5.30 Å². The first-order valence-electron chi connectivity index (χ1n) is 5.25. The largest absolute Gasteiger partial charge is 0.520 e. The van der Waals surface area contributed by atoms with Crippen LogP contribution in [0.15, 0.2) is 24.3 Å². The van der Waals surface area contributed by atoms with Gasteiger partial charge in [-0.05, 0) is 30.5 Å². The third kappa shape index (κ3) is 4.49. The van der Waals surface area contributed by atoms with E-state index in [-0.39, 0.29) is 0 Å². The highest BCUT2D eigenvalue weighted by Gasteiger charge is 2.08. The fraction of sp³-hybridized carbons (Fsp3) is 0.417. The van der Waals surface area contributed by atoms with Crippen LogP contribution in [0.25, 0.3) is 0 Å². The molecule has 0 heterocycles. The molecule has 0 saturated heterocycles. The minimum Gasteiger partial charge on any atom is -0.426 e. The second kappa shape index (κ2) is 6.86. The summed E-state index contributed by atoms with van der Waals surface area (Å²) < 4.78 is 4.85. The Balaban J connectivity index is 2.45. The number of rotatable bonds is 5. The molecule has 1 atom stereocenters. The zero-order valence-electron chi connectivity index (χ0n) is 9.32. The van der Waals surface area contributed by atoms with Crippen LogP contribution in [0.3, 0.4) is 0 Å². The molecule has 0 aliphatic rings. The molecule has 0 amide bonds. The molecule has 0 radical (unpaired) electrons.